The molecule has 0 aliphatic carbocycles. The lowest BCUT2D eigenvalue weighted by atomic mass is 10.0. The second-order valence-electron chi connectivity index (χ2n) is 9.77. The minimum atomic E-state index is -4.55. The van der Waals surface area contributed by atoms with Crippen molar-refractivity contribution < 1.29 is 31.8 Å². The number of amides is 1. The standard InChI is InChI=1S/C27H30F3N5O4S/c1-18-5-6-21(31-25(36)19-3-2-4-20(15-19)27(28,29)30)16-22(18)23-17-24(34-7-11-39-12-8-34)33-26(32-23)35-9-13-40(37,38)14-10-35/h2-6,15-17,37-38H,7-14H2,1H3,(H,31,36). The van der Waals surface area contributed by atoms with E-state index in [9.17, 15) is 27.1 Å². The van der Waals surface area contributed by atoms with Gasteiger partial charge in [0.1, 0.15) is 5.82 Å². The highest BCUT2D eigenvalue weighted by Crippen LogP contribution is 2.41. The molecule has 2 saturated heterocycles. The summed E-state index contributed by atoms with van der Waals surface area (Å²) in [5.74, 6) is 0.989. The van der Waals surface area contributed by atoms with Crippen molar-refractivity contribution >= 4 is 34.0 Å². The third-order valence-electron chi connectivity index (χ3n) is 6.92. The number of benzene rings is 2. The van der Waals surface area contributed by atoms with Crippen molar-refractivity contribution in [3.8, 4) is 11.3 Å². The summed E-state index contributed by atoms with van der Waals surface area (Å²) in [5.41, 5.74) is 1.61. The highest BCUT2D eigenvalue weighted by Gasteiger charge is 2.31. The van der Waals surface area contributed by atoms with Gasteiger partial charge < -0.3 is 19.9 Å². The van der Waals surface area contributed by atoms with Crippen LogP contribution in [0.25, 0.3) is 11.3 Å². The topological polar surface area (TPSA) is 111 Å². The number of anilines is 3. The summed E-state index contributed by atoms with van der Waals surface area (Å²) in [6.45, 7) is 5.15. The highest BCUT2D eigenvalue weighted by molar-refractivity contribution is 8.24. The van der Waals surface area contributed by atoms with Crippen molar-refractivity contribution in [2.45, 2.75) is 13.1 Å². The molecule has 0 unspecified atom stereocenters. The van der Waals surface area contributed by atoms with Gasteiger partial charge >= 0.3 is 6.18 Å². The number of carbonyl (C=O) groups is 1. The Bertz CT molecular complexity index is 1390. The summed E-state index contributed by atoms with van der Waals surface area (Å²) in [5, 5.41) is 2.70. The fourth-order valence-electron chi connectivity index (χ4n) is 4.60. The van der Waals surface area contributed by atoms with Gasteiger partial charge in [-0.1, -0.05) is 12.1 Å². The summed E-state index contributed by atoms with van der Waals surface area (Å²) in [6.07, 6.45) is -4.55. The molecule has 2 aliphatic rings. The van der Waals surface area contributed by atoms with Crippen molar-refractivity contribution in [1.82, 2.24) is 9.97 Å². The molecular formula is C27H30F3N5O4S. The molecule has 1 aromatic heterocycles. The summed E-state index contributed by atoms with van der Waals surface area (Å²) >= 11 is 0. The lowest BCUT2D eigenvalue weighted by Crippen LogP contribution is -2.40. The van der Waals surface area contributed by atoms with Crippen LogP contribution in [-0.4, -0.2) is 75.9 Å². The van der Waals surface area contributed by atoms with E-state index in [2.05, 4.69) is 10.2 Å². The summed E-state index contributed by atoms with van der Waals surface area (Å²) in [4.78, 5) is 26.5. The normalized spacial score (nSPS) is 18.4. The fourth-order valence-corrected chi connectivity index (χ4v) is 5.83. The van der Waals surface area contributed by atoms with E-state index in [4.69, 9.17) is 14.7 Å². The number of nitrogens with one attached hydrogen (secondary N) is 1. The van der Waals surface area contributed by atoms with Gasteiger partial charge in [-0.2, -0.15) is 28.7 Å². The smallest absolute Gasteiger partial charge is 0.378 e. The largest absolute Gasteiger partial charge is 0.416 e. The zero-order valence-electron chi connectivity index (χ0n) is 21.8. The second-order valence-corrected chi connectivity index (χ2v) is 12.2. The third kappa shape index (κ3) is 6.49. The lowest BCUT2D eigenvalue weighted by Gasteiger charge is -2.41. The molecule has 0 atom stereocenters. The van der Waals surface area contributed by atoms with E-state index in [0.717, 1.165) is 23.3 Å². The molecule has 0 saturated carbocycles. The summed E-state index contributed by atoms with van der Waals surface area (Å²) in [6, 6.07) is 11.4. The molecule has 1 amide bonds. The van der Waals surface area contributed by atoms with Crippen LogP contribution in [0.15, 0.2) is 48.5 Å². The average molecular weight is 578 g/mol. The molecular weight excluding hydrogens is 547 g/mol. The molecule has 2 aromatic carbocycles. The highest BCUT2D eigenvalue weighted by atomic mass is 32.3. The van der Waals surface area contributed by atoms with E-state index in [0.29, 0.717) is 62.5 Å². The molecule has 2 fully saturated rings. The summed E-state index contributed by atoms with van der Waals surface area (Å²) < 4.78 is 65.0. The van der Waals surface area contributed by atoms with Crippen molar-refractivity contribution in [1.29, 1.82) is 0 Å². The molecule has 13 heteroatoms. The van der Waals surface area contributed by atoms with Gasteiger partial charge in [-0.15, -0.1) is 0 Å². The number of ether oxygens (including phenoxy) is 1. The number of morpholine rings is 1. The van der Waals surface area contributed by atoms with Crippen LogP contribution >= 0.6 is 10.6 Å². The van der Waals surface area contributed by atoms with Crippen molar-refractivity contribution in [3.05, 3.63) is 65.2 Å². The van der Waals surface area contributed by atoms with Crippen LogP contribution in [0, 0.1) is 6.92 Å². The van der Waals surface area contributed by atoms with Crippen LogP contribution in [0.4, 0.5) is 30.6 Å². The van der Waals surface area contributed by atoms with E-state index >= 15 is 0 Å². The fraction of sp³-hybridized carbons (Fsp3) is 0.370. The number of hydrogen-bond donors (Lipinski definition) is 3. The van der Waals surface area contributed by atoms with Crippen LogP contribution in [0.3, 0.4) is 0 Å². The Hall–Kier alpha value is -3.39. The van der Waals surface area contributed by atoms with Crippen LogP contribution in [-0.2, 0) is 10.9 Å². The Balaban J connectivity index is 1.47. The first kappa shape index (κ1) is 28.1. The maximum atomic E-state index is 13.1. The Morgan fingerprint density at radius 3 is 2.40 bits per heavy atom. The Morgan fingerprint density at radius 1 is 0.975 bits per heavy atom. The maximum absolute atomic E-state index is 13.1. The SMILES string of the molecule is Cc1ccc(NC(=O)c2cccc(C(F)(F)F)c2)cc1-c1cc(N2CCOCC2)nc(N2CCS(O)(O)CC2)n1. The number of halogens is 3. The van der Waals surface area contributed by atoms with E-state index in [1.807, 2.05) is 24.0 Å². The molecule has 3 aromatic rings. The summed E-state index contributed by atoms with van der Waals surface area (Å²) in [7, 11) is -2.60. The molecule has 3 N–H and O–H groups in total. The molecule has 5 rings (SSSR count). The van der Waals surface area contributed by atoms with Gasteiger partial charge in [-0.25, -0.2) is 4.98 Å². The molecule has 214 valence electrons. The number of alkyl halides is 3. The third-order valence-corrected chi connectivity index (χ3v) is 8.59. The van der Waals surface area contributed by atoms with E-state index < -0.39 is 28.2 Å². The Morgan fingerprint density at radius 2 is 1.70 bits per heavy atom. The minimum absolute atomic E-state index is 0.105. The van der Waals surface area contributed by atoms with Crippen molar-refractivity contribution in [3.63, 3.8) is 0 Å². The predicted molar refractivity (Wildman–Crippen MR) is 149 cm³/mol. The molecule has 3 heterocycles. The molecule has 0 spiro atoms. The predicted octanol–water partition coefficient (Wildman–Crippen LogP) is 5.13. The molecule has 2 aliphatic heterocycles. The van der Waals surface area contributed by atoms with Gasteiger partial charge in [-0.05, 0) is 42.8 Å². The number of nitrogens with zero attached hydrogens (tertiary/aromatic N) is 4. The van der Waals surface area contributed by atoms with Gasteiger partial charge in [0.2, 0.25) is 5.95 Å². The molecule has 40 heavy (non-hydrogen) atoms. The average Bonchev–Trinajstić information content (AvgIpc) is 2.94. The minimum Gasteiger partial charge on any atom is -0.378 e. The van der Waals surface area contributed by atoms with Gasteiger partial charge in [0.15, 0.2) is 0 Å². The van der Waals surface area contributed by atoms with E-state index in [1.165, 1.54) is 12.1 Å². The van der Waals surface area contributed by atoms with Gasteiger partial charge in [0, 0.05) is 49.1 Å². The van der Waals surface area contributed by atoms with Crippen molar-refractivity contribution in [2.24, 2.45) is 0 Å². The Labute approximate surface area is 231 Å². The van der Waals surface area contributed by atoms with Gasteiger partial charge in [0.05, 0.1) is 36.0 Å². The van der Waals surface area contributed by atoms with Crippen molar-refractivity contribution in [2.75, 3.05) is 66.0 Å². The maximum Gasteiger partial charge on any atom is 0.416 e. The number of aryl methyl sites for hydroxylation is 1. The Kier molecular flexibility index (Phi) is 7.91. The lowest BCUT2D eigenvalue weighted by molar-refractivity contribution is -0.137. The second kappa shape index (κ2) is 11.2. The molecule has 9 nitrogen and oxygen atoms in total. The van der Waals surface area contributed by atoms with E-state index in [1.54, 1.807) is 12.1 Å². The number of aromatic nitrogens is 2. The van der Waals surface area contributed by atoms with Gasteiger partial charge in [0.25, 0.3) is 5.91 Å². The first-order valence-corrected chi connectivity index (χ1v) is 14.7. The van der Waals surface area contributed by atoms with Crippen LogP contribution in [0.1, 0.15) is 21.5 Å². The first-order chi connectivity index (χ1) is 19.0. The first-order valence-electron chi connectivity index (χ1n) is 12.8. The molecule has 0 radical (unpaired) electrons. The van der Waals surface area contributed by atoms with E-state index in [-0.39, 0.29) is 17.1 Å². The zero-order chi connectivity index (χ0) is 28.5. The number of carbonyl (C=O) groups excluding carboxylic acids is 1. The quantitative estimate of drug-likeness (QED) is 0.383. The van der Waals surface area contributed by atoms with Crippen LogP contribution in [0.2, 0.25) is 0 Å². The van der Waals surface area contributed by atoms with Gasteiger partial charge in [-0.3, -0.25) is 13.9 Å². The molecule has 0 bridgehead atoms. The zero-order valence-corrected chi connectivity index (χ0v) is 22.6. The van der Waals surface area contributed by atoms with Crippen LogP contribution < -0.4 is 15.1 Å². The number of hydrogen-bond acceptors (Lipinski definition) is 8. The number of rotatable bonds is 5. The monoisotopic (exact) mass is 577 g/mol. The van der Waals surface area contributed by atoms with Crippen LogP contribution in [0.5, 0.6) is 0 Å².